The van der Waals surface area contributed by atoms with Crippen molar-refractivity contribution in [3.8, 4) is 11.3 Å². The van der Waals surface area contributed by atoms with Crippen molar-refractivity contribution in [1.29, 1.82) is 0 Å². The molecule has 1 aliphatic rings. The maximum atomic E-state index is 11.2. The predicted molar refractivity (Wildman–Crippen MR) is 89.0 cm³/mol. The molecule has 116 valence electrons. The van der Waals surface area contributed by atoms with Crippen molar-refractivity contribution in [2.45, 2.75) is 18.9 Å². The number of pyridine rings is 1. The van der Waals surface area contributed by atoms with E-state index in [1.807, 2.05) is 30.3 Å². The summed E-state index contributed by atoms with van der Waals surface area (Å²) in [6, 6.07) is 12.2. The van der Waals surface area contributed by atoms with Gasteiger partial charge in [0.25, 0.3) is 0 Å². The summed E-state index contributed by atoms with van der Waals surface area (Å²) < 4.78 is 0. The van der Waals surface area contributed by atoms with Crippen LogP contribution in [-0.2, 0) is 4.79 Å². The number of para-hydroxylation sites is 1. The zero-order valence-electron chi connectivity index (χ0n) is 12.5. The average Bonchev–Trinajstić information content (AvgIpc) is 3.19. The third kappa shape index (κ3) is 2.75. The number of nitrogens with one attached hydrogen (secondary N) is 3. The minimum absolute atomic E-state index is 0.126. The Labute approximate surface area is 133 Å². The van der Waals surface area contributed by atoms with Gasteiger partial charge < -0.3 is 10.6 Å². The highest BCUT2D eigenvalue weighted by molar-refractivity contribution is 5.93. The Morgan fingerprint density at radius 2 is 2.17 bits per heavy atom. The lowest BCUT2D eigenvalue weighted by Crippen LogP contribution is -2.31. The number of aromatic amines is 1. The molecule has 1 unspecified atom stereocenters. The molecule has 0 aliphatic carbocycles. The second-order valence-electron chi connectivity index (χ2n) is 5.73. The van der Waals surface area contributed by atoms with E-state index in [9.17, 15) is 4.79 Å². The standard InChI is InChI=1S/C17H17N5O/c23-16-6-5-12(20-16)10-19-15-9-11(7-8-18-15)17-13-3-1-2-4-14(13)21-22-17/h1-4,7-9,12H,5-6,10H2,(H,18,19)(H,20,23)(H,21,22). The number of carbonyl (C=O) groups excluding carboxylic acids is 1. The molecule has 6 nitrogen and oxygen atoms in total. The molecule has 1 fully saturated rings. The minimum atomic E-state index is 0.126. The molecule has 0 radical (unpaired) electrons. The van der Waals surface area contributed by atoms with Gasteiger partial charge in [0, 0.05) is 36.2 Å². The van der Waals surface area contributed by atoms with Crippen LogP contribution in [0.2, 0.25) is 0 Å². The largest absolute Gasteiger partial charge is 0.368 e. The molecule has 3 aromatic rings. The van der Waals surface area contributed by atoms with E-state index in [-0.39, 0.29) is 11.9 Å². The summed E-state index contributed by atoms with van der Waals surface area (Å²) in [4.78, 5) is 15.6. The first-order chi connectivity index (χ1) is 11.3. The molecule has 2 aromatic heterocycles. The van der Waals surface area contributed by atoms with Gasteiger partial charge in [-0.2, -0.15) is 5.10 Å². The molecule has 0 saturated carbocycles. The van der Waals surface area contributed by atoms with E-state index in [2.05, 4.69) is 31.9 Å². The van der Waals surface area contributed by atoms with E-state index in [1.165, 1.54) is 0 Å². The minimum Gasteiger partial charge on any atom is -0.368 e. The second-order valence-corrected chi connectivity index (χ2v) is 5.73. The Balaban J connectivity index is 1.55. The first-order valence-electron chi connectivity index (χ1n) is 7.72. The lowest BCUT2D eigenvalue weighted by molar-refractivity contribution is -0.119. The van der Waals surface area contributed by atoms with Crippen LogP contribution in [0.3, 0.4) is 0 Å². The van der Waals surface area contributed by atoms with E-state index >= 15 is 0 Å². The molecule has 1 aliphatic heterocycles. The van der Waals surface area contributed by atoms with Crippen molar-refractivity contribution in [1.82, 2.24) is 20.5 Å². The molecule has 1 aromatic carbocycles. The van der Waals surface area contributed by atoms with Crippen LogP contribution in [0.25, 0.3) is 22.2 Å². The molecular weight excluding hydrogens is 290 g/mol. The molecule has 0 bridgehead atoms. The summed E-state index contributed by atoms with van der Waals surface area (Å²) >= 11 is 0. The number of hydrogen-bond acceptors (Lipinski definition) is 4. The molecule has 3 N–H and O–H groups in total. The van der Waals surface area contributed by atoms with Crippen LogP contribution in [0.1, 0.15) is 12.8 Å². The highest BCUT2D eigenvalue weighted by Gasteiger charge is 2.20. The summed E-state index contributed by atoms with van der Waals surface area (Å²) in [7, 11) is 0. The van der Waals surface area contributed by atoms with Crippen LogP contribution >= 0.6 is 0 Å². The smallest absolute Gasteiger partial charge is 0.220 e. The van der Waals surface area contributed by atoms with E-state index in [0.29, 0.717) is 13.0 Å². The zero-order chi connectivity index (χ0) is 15.6. The maximum absolute atomic E-state index is 11.2. The second kappa shape index (κ2) is 5.72. The first-order valence-corrected chi connectivity index (χ1v) is 7.72. The van der Waals surface area contributed by atoms with Gasteiger partial charge in [-0.3, -0.25) is 9.89 Å². The summed E-state index contributed by atoms with van der Waals surface area (Å²) in [5.41, 5.74) is 2.94. The van der Waals surface area contributed by atoms with Gasteiger partial charge in [0.2, 0.25) is 5.91 Å². The predicted octanol–water partition coefficient (Wildman–Crippen LogP) is 2.32. The number of nitrogens with zero attached hydrogens (tertiary/aromatic N) is 2. The topological polar surface area (TPSA) is 82.7 Å². The van der Waals surface area contributed by atoms with Crippen LogP contribution in [0.4, 0.5) is 5.82 Å². The number of anilines is 1. The van der Waals surface area contributed by atoms with Gasteiger partial charge in [0.15, 0.2) is 0 Å². The van der Waals surface area contributed by atoms with Crippen LogP contribution < -0.4 is 10.6 Å². The SMILES string of the molecule is O=C1CCC(CNc2cc(-c3n[nH]c4ccccc34)ccn2)N1. The fourth-order valence-corrected chi connectivity index (χ4v) is 2.92. The first kappa shape index (κ1) is 13.8. The average molecular weight is 307 g/mol. The normalized spacial score (nSPS) is 17.4. The highest BCUT2D eigenvalue weighted by Crippen LogP contribution is 2.27. The van der Waals surface area contributed by atoms with Crippen LogP contribution in [0.5, 0.6) is 0 Å². The number of aromatic nitrogens is 3. The van der Waals surface area contributed by atoms with Crippen molar-refractivity contribution in [3.63, 3.8) is 0 Å². The Morgan fingerprint density at radius 1 is 1.26 bits per heavy atom. The lowest BCUT2D eigenvalue weighted by Gasteiger charge is -2.12. The van der Waals surface area contributed by atoms with E-state index < -0.39 is 0 Å². The third-order valence-electron chi connectivity index (χ3n) is 4.12. The van der Waals surface area contributed by atoms with Crippen LogP contribution in [0.15, 0.2) is 42.6 Å². The number of H-pyrrole nitrogens is 1. The van der Waals surface area contributed by atoms with E-state index in [4.69, 9.17) is 0 Å². The summed E-state index contributed by atoms with van der Waals surface area (Å²) in [6.07, 6.45) is 3.25. The van der Waals surface area contributed by atoms with Gasteiger partial charge in [-0.15, -0.1) is 0 Å². The van der Waals surface area contributed by atoms with Gasteiger partial charge in [0.1, 0.15) is 11.5 Å². The third-order valence-corrected chi connectivity index (χ3v) is 4.12. The number of fused-ring (bicyclic) bond motifs is 1. The van der Waals surface area contributed by atoms with E-state index in [0.717, 1.165) is 34.4 Å². The fraction of sp³-hybridized carbons (Fsp3) is 0.235. The molecule has 6 heteroatoms. The Kier molecular flexibility index (Phi) is 3.42. The van der Waals surface area contributed by atoms with Gasteiger partial charge in [-0.05, 0) is 24.6 Å². The Bertz CT molecular complexity index is 857. The fourth-order valence-electron chi connectivity index (χ4n) is 2.92. The quantitative estimate of drug-likeness (QED) is 0.691. The molecule has 3 heterocycles. The van der Waals surface area contributed by atoms with Crippen molar-refractivity contribution >= 4 is 22.6 Å². The Morgan fingerprint density at radius 3 is 3.04 bits per heavy atom. The van der Waals surface area contributed by atoms with Gasteiger partial charge >= 0.3 is 0 Å². The van der Waals surface area contributed by atoms with Crippen LogP contribution in [0, 0.1) is 0 Å². The van der Waals surface area contributed by atoms with Gasteiger partial charge in [0.05, 0.1) is 5.52 Å². The lowest BCUT2D eigenvalue weighted by atomic mass is 10.1. The molecule has 1 saturated heterocycles. The highest BCUT2D eigenvalue weighted by atomic mass is 16.1. The number of benzene rings is 1. The van der Waals surface area contributed by atoms with Gasteiger partial charge in [-0.1, -0.05) is 18.2 Å². The van der Waals surface area contributed by atoms with E-state index in [1.54, 1.807) is 6.20 Å². The summed E-state index contributed by atoms with van der Waals surface area (Å²) in [5.74, 6) is 0.914. The molecule has 1 atom stereocenters. The van der Waals surface area contributed by atoms with Gasteiger partial charge in [-0.25, -0.2) is 4.98 Å². The maximum Gasteiger partial charge on any atom is 0.220 e. The molecular formula is C17H17N5O. The van der Waals surface area contributed by atoms with Crippen molar-refractivity contribution in [3.05, 3.63) is 42.6 Å². The summed E-state index contributed by atoms with van der Waals surface area (Å²) in [5, 5.41) is 14.8. The van der Waals surface area contributed by atoms with Crippen molar-refractivity contribution in [2.24, 2.45) is 0 Å². The zero-order valence-corrected chi connectivity index (χ0v) is 12.5. The number of rotatable bonds is 4. The number of hydrogen-bond donors (Lipinski definition) is 3. The van der Waals surface area contributed by atoms with Crippen molar-refractivity contribution in [2.75, 3.05) is 11.9 Å². The molecule has 0 spiro atoms. The van der Waals surface area contributed by atoms with Crippen molar-refractivity contribution < 1.29 is 4.79 Å². The Hall–Kier alpha value is -2.89. The number of carbonyl (C=O) groups is 1. The van der Waals surface area contributed by atoms with Crippen LogP contribution in [-0.4, -0.2) is 33.7 Å². The monoisotopic (exact) mass is 307 g/mol. The summed E-state index contributed by atoms with van der Waals surface area (Å²) in [6.45, 7) is 0.684. The molecule has 4 rings (SSSR count). The number of amides is 1. The molecule has 1 amide bonds. The molecule has 23 heavy (non-hydrogen) atoms.